The monoisotopic (exact) mass is 421 g/mol. The quantitative estimate of drug-likeness (QED) is 0.349. The second kappa shape index (κ2) is 7.17. The number of hydrogen-bond acceptors (Lipinski definition) is 5. The van der Waals surface area contributed by atoms with Crippen LogP contribution >= 0.6 is 15.9 Å². The molecule has 0 atom stereocenters. The molecule has 0 bridgehead atoms. The first-order chi connectivity index (χ1) is 13.1. The maximum atomic E-state index is 12.5. The molecule has 5 nitrogen and oxygen atoms in total. The average Bonchev–Trinajstić information content (AvgIpc) is 2.98. The first-order valence-electron chi connectivity index (χ1n) is 8.08. The summed E-state index contributed by atoms with van der Waals surface area (Å²) in [6.45, 7) is 0. The maximum Gasteiger partial charge on any atom is 0.344 e. The molecule has 1 aromatic heterocycles. The molecule has 1 aliphatic rings. The summed E-state index contributed by atoms with van der Waals surface area (Å²) in [6.07, 6.45) is 3.22. The molecule has 0 unspecified atom stereocenters. The Kier molecular flexibility index (Phi) is 4.56. The Balaban J connectivity index is 1.57. The number of nitrogens with zero attached hydrogens (tertiary/aromatic N) is 1. The molecule has 0 amide bonds. The topological polar surface area (TPSA) is 65.5 Å². The molecule has 6 heteroatoms. The van der Waals surface area contributed by atoms with Gasteiger partial charge in [-0.15, -0.1) is 0 Å². The van der Waals surface area contributed by atoms with Gasteiger partial charge in [0.05, 0.1) is 16.8 Å². The van der Waals surface area contributed by atoms with Crippen LogP contribution < -0.4 is 9.47 Å². The predicted molar refractivity (Wildman–Crippen MR) is 103 cm³/mol. The number of pyridine rings is 1. The second-order valence-corrected chi connectivity index (χ2v) is 6.58. The number of benzene rings is 2. The molecule has 132 valence electrons. The van der Waals surface area contributed by atoms with Crippen LogP contribution in [0.25, 0.3) is 6.08 Å². The SMILES string of the molecule is O=C(Oc1ccc2c(c1)O/C(=C\c1ccccn1)C2=O)c1ccccc1Br. The van der Waals surface area contributed by atoms with Gasteiger partial charge in [0, 0.05) is 22.8 Å². The van der Waals surface area contributed by atoms with Crippen molar-refractivity contribution in [2.24, 2.45) is 0 Å². The zero-order valence-electron chi connectivity index (χ0n) is 13.9. The van der Waals surface area contributed by atoms with E-state index in [-0.39, 0.29) is 11.5 Å². The summed E-state index contributed by atoms with van der Waals surface area (Å²) >= 11 is 3.32. The van der Waals surface area contributed by atoms with E-state index in [9.17, 15) is 9.59 Å². The molecule has 2 heterocycles. The Labute approximate surface area is 163 Å². The van der Waals surface area contributed by atoms with Crippen molar-refractivity contribution in [1.82, 2.24) is 4.98 Å². The van der Waals surface area contributed by atoms with Gasteiger partial charge in [-0.3, -0.25) is 9.78 Å². The lowest BCUT2D eigenvalue weighted by atomic mass is 10.1. The van der Waals surface area contributed by atoms with Crippen molar-refractivity contribution in [1.29, 1.82) is 0 Å². The van der Waals surface area contributed by atoms with Gasteiger partial charge in [0.25, 0.3) is 0 Å². The fourth-order valence-electron chi connectivity index (χ4n) is 2.62. The molecule has 0 saturated carbocycles. The molecule has 0 aliphatic carbocycles. The van der Waals surface area contributed by atoms with Crippen molar-refractivity contribution < 1.29 is 19.1 Å². The van der Waals surface area contributed by atoms with Gasteiger partial charge in [-0.2, -0.15) is 0 Å². The third kappa shape index (κ3) is 3.52. The van der Waals surface area contributed by atoms with Gasteiger partial charge in [0.2, 0.25) is 5.78 Å². The van der Waals surface area contributed by atoms with Crippen molar-refractivity contribution in [3.8, 4) is 11.5 Å². The van der Waals surface area contributed by atoms with Gasteiger partial charge < -0.3 is 9.47 Å². The van der Waals surface area contributed by atoms with E-state index in [4.69, 9.17) is 9.47 Å². The zero-order chi connectivity index (χ0) is 18.8. The molecule has 1 aliphatic heterocycles. The number of rotatable bonds is 3. The van der Waals surface area contributed by atoms with E-state index >= 15 is 0 Å². The number of fused-ring (bicyclic) bond motifs is 1. The van der Waals surface area contributed by atoms with Crippen LogP contribution in [0.1, 0.15) is 26.4 Å². The molecule has 0 saturated heterocycles. The summed E-state index contributed by atoms with van der Waals surface area (Å²) in [5.41, 5.74) is 1.44. The van der Waals surface area contributed by atoms with Gasteiger partial charge in [0.15, 0.2) is 5.76 Å². The van der Waals surface area contributed by atoms with Crippen molar-refractivity contribution in [2.75, 3.05) is 0 Å². The smallest absolute Gasteiger partial charge is 0.344 e. The van der Waals surface area contributed by atoms with Crippen LogP contribution in [0.5, 0.6) is 11.5 Å². The molecule has 0 N–H and O–H groups in total. The Morgan fingerprint density at radius 3 is 2.67 bits per heavy atom. The first kappa shape index (κ1) is 17.2. The summed E-state index contributed by atoms with van der Waals surface area (Å²) in [5, 5.41) is 0. The molecule has 2 aromatic carbocycles. The Morgan fingerprint density at radius 1 is 1.07 bits per heavy atom. The number of hydrogen-bond donors (Lipinski definition) is 0. The van der Waals surface area contributed by atoms with Crippen molar-refractivity contribution >= 4 is 33.8 Å². The lowest BCUT2D eigenvalue weighted by Crippen LogP contribution is -2.09. The summed E-state index contributed by atoms with van der Waals surface area (Å²) in [4.78, 5) is 28.9. The highest BCUT2D eigenvalue weighted by Crippen LogP contribution is 2.35. The minimum Gasteiger partial charge on any atom is -0.452 e. The maximum absolute atomic E-state index is 12.5. The molecular weight excluding hydrogens is 410 g/mol. The third-order valence-electron chi connectivity index (χ3n) is 3.91. The van der Waals surface area contributed by atoms with Gasteiger partial charge >= 0.3 is 5.97 Å². The fourth-order valence-corrected chi connectivity index (χ4v) is 3.06. The van der Waals surface area contributed by atoms with Crippen LogP contribution in [0.3, 0.4) is 0 Å². The van der Waals surface area contributed by atoms with Gasteiger partial charge in [-0.1, -0.05) is 18.2 Å². The van der Waals surface area contributed by atoms with Crippen molar-refractivity contribution in [2.45, 2.75) is 0 Å². The first-order valence-corrected chi connectivity index (χ1v) is 8.87. The minimum atomic E-state index is -0.504. The van der Waals surface area contributed by atoms with Crippen LogP contribution in [-0.2, 0) is 0 Å². The summed E-state index contributed by atoms with van der Waals surface area (Å²) in [6, 6.07) is 17.1. The highest BCUT2D eigenvalue weighted by molar-refractivity contribution is 9.10. The molecular formula is C21H12BrNO4. The van der Waals surface area contributed by atoms with Crippen LogP contribution in [0, 0.1) is 0 Å². The number of aromatic nitrogens is 1. The van der Waals surface area contributed by atoms with Gasteiger partial charge in [0.1, 0.15) is 11.5 Å². The average molecular weight is 422 g/mol. The van der Waals surface area contributed by atoms with Gasteiger partial charge in [-0.25, -0.2) is 4.79 Å². The zero-order valence-corrected chi connectivity index (χ0v) is 15.5. The molecule has 3 aromatic rings. The number of esters is 1. The molecule has 4 rings (SSSR count). The molecule has 0 fully saturated rings. The fraction of sp³-hybridized carbons (Fsp3) is 0. The largest absolute Gasteiger partial charge is 0.452 e. The predicted octanol–water partition coefficient (Wildman–Crippen LogP) is 4.68. The van der Waals surface area contributed by atoms with E-state index < -0.39 is 5.97 Å². The Hall–Kier alpha value is -3.25. The number of ketones is 1. The molecule has 0 spiro atoms. The number of halogens is 1. The van der Waals surface area contributed by atoms with E-state index in [0.717, 1.165) is 0 Å². The van der Waals surface area contributed by atoms with Crippen LogP contribution in [-0.4, -0.2) is 16.7 Å². The number of carbonyl (C=O) groups excluding carboxylic acids is 2. The number of Topliss-reactive ketones (excluding diaryl/α,β-unsaturated/α-hetero) is 1. The van der Waals surface area contributed by atoms with E-state index in [1.807, 2.05) is 12.1 Å². The Bertz CT molecular complexity index is 1080. The van der Waals surface area contributed by atoms with Crippen LogP contribution in [0.2, 0.25) is 0 Å². The third-order valence-corrected chi connectivity index (χ3v) is 4.60. The minimum absolute atomic E-state index is 0.179. The van der Waals surface area contributed by atoms with Crippen molar-refractivity contribution in [3.05, 3.63) is 93.9 Å². The molecule has 27 heavy (non-hydrogen) atoms. The highest BCUT2D eigenvalue weighted by atomic mass is 79.9. The Morgan fingerprint density at radius 2 is 1.89 bits per heavy atom. The van der Waals surface area contributed by atoms with E-state index in [2.05, 4.69) is 20.9 Å². The molecule has 0 radical (unpaired) electrons. The lowest BCUT2D eigenvalue weighted by molar-refractivity contribution is 0.0733. The number of ether oxygens (including phenoxy) is 2. The summed E-state index contributed by atoms with van der Waals surface area (Å²) in [7, 11) is 0. The van der Waals surface area contributed by atoms with Crippen LogP contribution in [0.4, 0.5) is 0 Å². The van der Waals surface area contributed by atoms with E-state index in [1.165, 1.54) is 6.07 Å². The number of carbonyl (C=O) groups is 2. The highest BCUT2D eigenvalue weighted by Gasteiger charge is 2.28. The number of allylic oxidation sites excluding steroid dienone is 1. The van der Waals surface area contributed by atoms with E-state index in [0.29, 0.717) is 32.8 Å². The summed E-state index contributed by atoms with van der Waals surface area (Å²) < 4.78 is 11.7. The van der Waals surface area contributed by atoms with Crippen LogP contribution in [0.15, 0.2) is 77.1 Å². The lowest BCUT2D eigenvalue weighted by Gasteiger charge is -2.06. The normalized spacial score (nSPS) is 14.0. The van der Waals surface area contributed by atoms with Crippen molar-refractivity contribution in [3.63, 3.8) is 0 Å². The van der Waals surface area contributed by atoms with Gasteiger partial charge in [-0.05, 0) is 52.3 Å². The van der Waals surface area contributed by atoms with E-state index in [1.54, 1.807) is 54.7 Å². The second-order valence-electron chi connectivity index (χ2n) is 5.72. The summed E-state index contributed by atoms with van der Waals surface area (Å²) in [5.74, 6) is 0.0781. The standard InChI is InChI=1S/C21H12BrNO4/c22-17-7-2-1-6-15(17)21(25)26-14-8-9-16-18(12-14)27-19(20(16)24)11-13-5-3-4-10-23-13/h1-12H/b19-11-.